The minimum atomic E-state index is -0.0904. The van der Waals surface area contributed by atoms with E-state index < -0.39 is 0 Å². The van der Waals surface area contributed by atoms with Gasteiger partial charge in [-0.3, -0.25) is 9.78 Å². The summed E-state index contributed by atoms with van der Waals surface area (Å²) in [5.41, 5.74) is 0. The summed E-state index contributed by atoms with van der Waals surface area (Å²) in [4.78, 5) is 16.8. The van der Waals surface area contributed by atoms with Crippen LogP contribution in [0.3, 0.4) is 0 Å². The van der Waals surface area contributed by atoms with E-state index in [0.29, 0.717) is 5.75 Å². The molecule has 1 aromatic heterocycles. The molecule has 1 aliphatic rings. The first-order chi connectivity index (χ1) is 9.34. The molecule has 1 aromatic rings. The van der Waals surface area contributed by atoms with E-state index in [2.05, 4.69) is 4.98 Å². The van der Waals surface area contributed by atoms with Crippen molar-refractivity contribution in [3.05, 3.63) is 24.5 Å². The molecule has 3 nitrogen and oxygen atoms in total. The number of hydrogen-bond donors (Lipinski definition) is 0. The van der Waals surface area contributed by atoms with Crippen molar-refractivity contribution < 1.29 is 9.53 Å². The quantitative estimate of drug-likeness (QED) is 0.620. The molecule has 0 N–H and O–H groups in total. The van der Waals surface area contributed by atoms with Gasteiger partial charge in [0.05, 0.1) is 5.75 Å². The van der Waals surface area contributed by atoms with Crippen LogP contribution in [0.5, 0.6) is 0 Å². The van der Waals surface area contributed by atoms with Gasteiger partial charge in [-0.15, -0.1) is 11.8 Å². The maximum atomic E-state index is 11.8. The molecule has 1 heterocycles. The van der Waals surface area contributed by atoms with Gasteiger partial charge in [-0.25, -0.2) is 0 Å². The molecule has 2 rings (SSSR count). The number of rotatable bonds is 4. The van der Waals surface area contributed by atoms with E-state index in [9.17, 15) is 4.79 Å². The lowest BCUT2D eigenvalue weighted by molar-refractivity contribution is -0.146. The zero-order valence-corrected chi connectivity index (χ0v) is 12.0. The summed E-state index contributed by atoms with van der Waals surface area (Å²) in [5.74, 6) is 0.299. The average molecular weight is 279 g/mol. The van der Waals surface area contributed by atoms with Crippen molar-refractivity contribution in [3.63, 3.8) is 0 Å². The highest BCUT2D eigenvalue weighted by Gasteiger charge is 2.15. The predicted molar refractivity (Wildman–Crippen MR) is 77.2 cm³/mol. The number of hydrogen-bond acceptors (Lipinski definition) is 4. The first-order valence-corrected chi connectivity index (χ1v) is 8.05. The summed E-state index contributed by atoms with van der Waals surface area (Å²) in [6, 6.07) is 3.82. The molecule has 0 aliphatic heterocycles. The van der Waals surface area contributed by atoms with E-state index in [1.807, 2.05) is 12.1 Å². The van der Waals surface area contributed by atoms with Gasteiger partial charge in [0.25, 0.3) is 0 Å². The number of aromatic nitrogens is 1. The third-order valence-electron chi connectivity index (χ3n) is 3.36. The molecule has 1 fully saturated rings. The molecule has 4 heteroatoms. The average Bonchev–Trinajstić information content (AvgIpc) is 2.41. The molecular weight excluding hydrogens is 258 g/mol. The third-order valence-corrected chi connectivity index (χ3v) is 4.34. The van der Waals surface area contributed by atoms with E-state index in [1.165, 1.54) is 43.9 Å². The smallest absolute Gasteiger partial charge is 0.316 e. The summed E-state index contributed by atoms with van der Waals surface area (Å²) in [7, 11) is 0. The van der Waals surface area contributed by atoms with Gasteiger partial charge in [0.1, 0.15) is 6.10 Å². The maximum Gasteiger partial charge on any atom is 0.316 e. The molecule has 0 unspecified atom stereocenters. The van der Waals surface area contributed by atoms with Gasteiger partial charge in [-0.05, 0) is 37.8 Å². The van der Waals surface area contributed by atoms with E-state index in [1.54, 1.807) is 12.4 Å². The normalized spacial score (nSPS) is 17.5. The van der Waals surface area contributed by atoms with Crippen molar-refractivity contribution in [3.8, 4) is 0 Å². The summed E-state index contributed by atoms with van der Waals surface area (Å²) < 4.78 is 5.57. The van der Waals surface area contributed by atoms with Crippen LogP contribution in [0, 0.1) is 0 Å². The van der Waals surface area contributed by atoms with Crippen LogP contribution >= 0.6 is 11.8 Å². The number of ether oxygens (including phenoxy) is 1. The van der Waals surface area contributed by atoms with Gasteiger partial charge >= 0.3 is 5.97 Å². The highest BCUT2D eigenvalue weighted by atomic mass is 32.2. The van der Waals surface area contributed by atoms with Crippen molar-refractivity contribution in [1.29, 1.82) is 0 Å². The SMILES string of the molecule is O=C(CSc1ccncc1)OC1CCCCCCC1. The Kier molecular flexibility index (Phi) is 6.21. The molecular formula is C15H21NO2S. The molecule has 0 saturated heterocycles. The third kappa shape index (κ3) is 5.64. The fourth-order valence-corrected chi connectivity index (χ4v) is 3.00. The number of thioether (sulfide) groups is 1. The lowest BCUT2D eigenvalue weighted by Gasteiger charge is -2.20. The van der Waals surface area contributed by atoms with Crippen molar-refractivity contribution in [2.45, 2.75) is 55.9 Å². The van der Waals surface area contributed by atoms with Gasteiger partial charge < -0.3 is 4.74 Å². The number of esters is 1. The van der Waals surface area contributed by atoms with Gasteiger partial charge in [-0.2, -0.15) is 0 Å². The van der Waals surface area contributed by atoms with Gasteiger partial charge in [0, 0.05) is 17.3 Å². The summed E-state index contributed by atoms with van der Waals surface area (Å²) in [5, 5.41) is 0. The summed E-state index contributed by atoms with van der Waals surface area (Å²) in [6.45, 7) is 0. The largest absolute Gasteiger partial charge is 0.462 e. The van der Waals surface area contributed by atoms with Crippen LogP contribution < -0.4 is 0 Å². The molecule has 0 atom stereocenters. The number of nitrogens with zero attached hydrogens (tertiary/aromatic N) is 1. The highest BCUT2D eigenvalue weighted by molar-refractivity contribution is 8.00. The molecule has 0 spiro atoms. The molecule has 19 heavy (non-hydrogen) atoms. The number of pyridine rings is 1. The van der Waals surface area contributed by atoms with Gasteiger partial charge in [0.15, 0.2) is 0 Å². The zero-order valence-electron chi connectivity index (χ0n) is 11.2. The van der Waals surface area contributed by atoms with Crippen LogP contribution in [0.2, 0.25) is 0 Å². The topological polar surface area (TPSA) is 39.2 Å². The van der Waals surface area contributed by atoms with Crippen molar-refractivity contribution >= 4 is 17.7 Å². The Bertz CT molecular complexity index is 375. The number of carbonyl (C=O) groups is 1. The molecule has 1 aliphatic carbocycles. The fourth-order valence-electron chi connectivity index (χ4n) is 2.33. The van der Waals surface area contributed by atoms with Gasteiger partial charge in [-0.1, -0.05) is 19.3 Å². The summed E-state index contributed by atoms with van der Waals surface area (Å²) >= 11 is 1.51. The first kappa shape index (κ1) is 14.4. The van der Waals surface area contributed by atoms with Crippen LogP contribution in [-0.2, 0) is 9.53 Å². The van der Waals surface area contributed by atoms with Crippen LogP contribution in [-0.4, -0.2) is 22.8 Å². The lowest BCUT2D eigenvalue weighted by atomic mass is 9.99. The monoisotopic (exact) mass is 279 g/mol. The Morgan fingerprint density at radius 2 is 1.79 bits per heavy atom. The van der Waals surface area contributed by atoms with Crippen LogP contribution in [0.25, 0.3) is 0 Å². The van der Waals surface area contributed by atoms with Gasteiger partial charge in [0.2, 0.25) is 0 Å². The second-order valence-corrected chi connectivity index (χ2v) is 5.98. The van der Waals surface area contributed by atoms with E-state index >= 15 is 0 Å². The predicted octanol–water partition coefficient (Wildman–Crippen LogP) is 3.83. The minimum Gasteiger partial charge on any atom is -0.462 e. The Balaban J connectivity index is 1.71. The first-order valence-electron chi connectivity index (χ1n) is 7.07. The summed E-state index contributed by atoms with van der Waals surface area (Å²) in [6.07, 6.45) is 12.0. The highest BCUT2D eigenvalue weighted by Crippen LogP contribution is 2.21. The molecule has 0 amide bonds. The Morgan fingerprint density at radius 3 is 2.47 bits per heavy atom. The molecule has 104 valence electrons. The molecule has 0 bridgehead atoms. The molecule has 1 saturated carbocycles. The maximum absolute atomic E-state index is 11.8. The number of carbonyl (C=O) groups excluding carboxylic acids is 1. The minimum absolute atomic E-state index is 0.0904. The lowest BCUT2D eigenvalue weighted by Crippen LogP contribution is -2.20. The molecule has 0 radical (unpaired) electrons. The molecule has 0 aromatic carbocycles. The standard InChI is InChI=1S/C15H21NO2S/c17-15(12-19-14-8-10-16-11-9-14)18-13-6-4-2-1-3-5-7-13/h8-11,13H,1-7,12H2. The van der Waals surface area contributed by atoms with E-state index in [0.717, 1.165) is 17.7 Å². The Labute approximate surface area is 119 Å². The Hall–Kier alpha value is -1.03. The van der Waals surface area contributed by atoms with E-state index in [-0.39, 0.29) is 12.1 Å². The van der Waals surface area contributed by atoms with E-state index in [4.69, 9.17) is 4.74 Å². The van der Waals surface area contributed by atoms with Crippen LogP contribution in [0.15, 0.2) is 29.4 Å². The Morgan fingerprint density at radius 1 is 1.16 bits per heavy atom. The van der Waals surface area contributed by atoms with Crippen molar-refractivity contribution in [2.24, 2.45) is 0 Å². The fraction of sp³-hybridized carbons (Fsp3) is 0.600. The van der Waals surface area contributed by atoms with Crippen LogP contribution in [0.1, 0.15) is 44.9 Å². The van der Waals surface area contributed by atoms with Crippen molar-refractivity contribution in [1.82, 2.24) is 4.98 Å². The second kappa shape index (κ2) is 8.20. The van der Waals surface area contributed by atoms with Crippen LogP contribution in [0.4, 0.5) is 0 Å². The zero-order chi connectivity index (χ0) is 13.3. The van der Waals surface area contributed by atoms with Crippen molar-refractivity contribution in [2.75, 3.05) is 5.75 Å². The second-order valence-electron chi connectivity index (χ2n) is 4.93.